The molecule has 4 N–H and O–H groups in total. The number of aliphatic hydroxyl groups excluding tert-OH is 4. The third-order valence-electron chi connectivity index (χ3n) is 9.32. The third-order valence-corrected chi connectivity index (χ3v) is 9.32. The highest BCUT2D eigenvalue weighted by molar-refractivity contribution is 5.96. The molecule has 0 amide bonds. The Morgan fingerprint density at radius 1 is 0.800 bits per heavy atom. The zero-order chi connectivity index (χ0) is 34.2. The monoisotopic (exact) mass is 614 g/mol. The van der Waals surface area contributed by atoms with Crippen molar-refractivity contribution in [2.75, 3.05) is 0 Å². The van der Waals surface area contributed by atoms with Crippen LogP contribution in [0.25, 0.3) is 0 Å². The fraction of sp³-hybridized carbons (Fsp3) is 0.475. The molecular formula is C40H54O5. The number of aliphatic hydroxyl groups is 4. The average Bonchev–Trinajstić information content (AvgIpc) is 3.15. The van der Waals surface area contributed by atoms with Gasteiger partial charge in [0.05, 0.1) is 12.2 Å². The molecule has 0 aromatic rings. The number of allylic oxidation sites excluding steroid dienone is 16. The maximum atomic E-state index is 13.0. The zero-order valence-corrected chi connectivity index (χ0v) is 28.9. The molecule has 1 fully saturated rings. The first-order chi connectivity index (χ1) is 20.8. The Hall–Kier alpha value is -3.43. The van der Waals surface area contributed by atoms with Crippen LogP contribution in [0.4, 0.5) is 0 Å². The van der Waals surface area contributed by atoms with Gasteiger partial charge in [0.1, 0.15) is 11.9 Å². The Morgan fingerprint density at radius 2 is 1.36 bits per heavy atom. The van der Waals surface area contributed by atoms with Gasteiger partial charge in [-0.1, -0.05) is 118 Å². The largest absolute Gasteiger partial charge is 0.508 e. The van der Waals surface area contributed by atoms with Gasteiger partial charge in [-0.25, -0.2) is 0 Å². The van der Waals surface area contributed by atoms with E-state index in [2.05, 4.69) is 11.8 Å². The lowest BCUT2D eigenvalue weighted by Crippen LogP contribution is -2.39. The predicted molar refractivity (Wildman–Crippen MR) is 186 cm³/mol. The molecule has 0 aliphatic heterocycles. The topological polar surface area (TPSA) is 98.0 Å². The van der Waals surface area contributed by atoms with Crippen LogP contribution in [0.15, 0.2) is 106 Å². The molecular weight excluding hydrogens is 560 g/mol. The van der Waals surface area contributed by atoms with E-state index in [1.807, 2.05) is 117 Å². The van der Waals surface area contributed by atoms with Gasteiger partial charge in [0.2, 0.25) is 0 Å². The van der Waals surface area contributed by atoms with Crippen LogP contribution in [0.5, 0.6) is 0 Å². The van der Waals surface area contributed by atoms with Gasteiger partial charge in [-0.2, -0.15) is 0 Å². The second kappa shape index (κ2) is 15.7. The van der Waals surface area contributed by atoms with Crippen LogP contribution < -0.4 is 0 Å². The molecule has 2 rings (SSSR count). The van der Waals surface area contributed by atoms with Crippen LogP contribution in [-0.2, 0) is 4.79 Å². The normalized spacial score (nSPS) is 28.4. The molecule has 0 saturated heterocycles. The SMILES string of the molecule is CC1=C(C#C/C(C)=C/C=C/C(C)=C/C=C/C=C(C)/C=C/C=C(C)/C(O)=C/C(=O)[C@]2(C)C[C@@H](O)CC2(C)C)C(C)(C)C[C@H](O)[C@H]1O. The standard InChI is InChI=1S/C40H54O5/c1-27(17-13-18-29(3)21-22-33-31(5)37(45)35(43)26-38(33,6)7)15-11-12-16-28(2)19-14-20-30(4)34(42)23-36(44)40(10)25-32(41)24-39(40,8)9/h11-20,23,32,35,37,41-43,45H,24-26H2,1-10H3/b12-11+,17-13+,19-14+,27-15+,28-16+,29-18+,30-20+,34-23-/t32-,35-,37-,40-/m0/s1. The first-order valence-corrected chi connectivity index (χ1v) is 15.8. The number of hydrogen-bond acceptors (Lipinski definition) is 5. The molecule has 244 valence electrons. The summed E-state index contributed by atoms with van der Waals surface area (Å²) in [4.78, 5) is 13.0. The Balaban J connectivity index is 1.96. The minimum absolute atomic E-state index is 0.0587. The highest BCUT2D eigenvalue weighted by Crippen LogP contribution is 2.53. The number of rotatable bonds is 9. The van der Waals surface area contributed by atoms with Crippen molar-refractivity contribution in [2.45, 2.75) is 107 Å². The summed E-state index contributed by atoms with van der Waals surface area (Å²) in [7, 11) is 0. The minimum Gasteiger partial charge on any atom is -0.508 e. The van der Waals surface area contributed by atoms with Gasteiger partial charge in [-0.15, -0.1) is 0 Å². The molecule has 0 radical (unpaired) electrons. The van der Waals surface area contributed by atoms with Crippen molar-refractivity contribution in [3.63, 3.8) is 0 Å². The molecule has 5 heteroatoms. The Bertz CT molecular complexity index is 1450. The number of hydrogen-bond donors (Lipinski definition) is 4. The van der Waals surface area contributed by atoms with Crippen LogP contribution >= 0.6 is 0 Å². The Kier molecular flexibility index (Phi) is 13.2. The quantitative estimate of drug-likeness (QED) is 0.0910. The first kappa shape index (κ1) is 37.8. The summed E-state index contributed by atoms with van der Waals surface area (Å²) in [5.41, 5.74) is 3.90. The molecule has 0 spiro atoms. The van der Waals surface area contributed by atoms with Gasteiger partial charge >= 0.3 is 0 Å². The van der Waals surface area contributed by atoms with Gasteiger partial charge in [-0.05, 0) is 76.0 Å². The minimum atomic E-state index is -0.862. The second-order valence-electron chi connectivity index (χ2n) is 14.2. The van der Waals surface area contributed by atoms with Gasteiger partial charge in [0.15, 0.2) is 5.78 Å². The van der Waals surface area contributed by atoms with Crippen molar-refractivity contribution >= 4 is 5.78 Å². The summed E-state index contributed by atoms with van der Waals surface area (Å²) in [6.07, 6.45) is 20.0. The smallest absolute Gasteiger partial charge is 0.165 e. The first-order valence-electron chi connectivity index (χ1n) is 15.8. The van der Waals surface area contributed by atoms with E-state index in [4.69, 9.17) is 0 Å². The van der Waals surface area contributed by atoms with Crippen molar-refractivity contribution in [2.24, 2.45) is 16.2 Å². The molecule has 45 heavy (non-hydrogen) atoms. The molecule has 0 unspecified atom stereocenters. The van der Waals surface area contributed by atoms with Crippen molar-refractivity contribution < 1.29 is 25.2 Å². The van der Waals surface area contributed by atoms with E-state index in [0.717, 1.165) is 27.9 Å². The van der Waals surface area contributed by atoms with E-state index in [1.54, 1.807) is 13.0 Å². The summed E-state index contributed by atoms with van der Waals surface area (Å²) in [5, 5.41) is 41.0. The fourth-order valence-corrected chi connectivity index (χ4v) is 5.94. The van der Waals surface area contributed by atoms with Gasteiger partial charge < -0.3 is 20.4 Å². The molecule has 0 heterocycles. The molecule has 0 aromatic carbocycles. The van der Waals surface area contributed by atoms with Crippen LogP contribution in [0.3, 0.4) is 0 Å². The molecule has 5 nitrogen and oxygen atoms in total. The van der Waals surface area contributed by atoms with Crippen molar-refractivity contribution in [3.05, 3.63) is 106 Å². The molecule has 0 bridgehead atoms. The summed E-state index contributed by atoms with van der Waals surface area (Å²) in [6.45, 7) is 19.5. The highest BCUT2D eigenvalue weighted by Gasteiger charge is 2.53. The fourth-order valence-electron chi connectivity index (χ4n) is 5.94. The van der Waals surface area contributed by atoms with Crippen LogP contribution in [0.1, 0.15) is 88.5 Å². The summed E-state index contributed by atoms with van der Waals surface area (Å²) in [5.74, 6) is 6.20. The predicted octanol–water partition coefficient (Wildman–Crippen LogP) is 8.11. The van der Waals surface area contributed by atoms with E-state index in [0.29, 0.717) is 24.8 Å². The van der Waals surface area contributed by atoms with Crippen molar-refractivity contribution in [1.29, 1.82) is 0 Å². The number of ketones is 1. The highest BCUT2D eigenvalue weighted by atomic mass is 16.3. The number of carbonyl (C=O) groups is 1. The van der Waals surface area contributed by atoms with E-state index in [9.17, 15) is 25.2 Å². The lowest BCUT2D eigenvalue weighted by Gasteiger charge is -2.37. The van der Waals surface area contributed by atoms with E-state index >= 15 is 0 Å². The maximum Gasteiger partial charge on any atom is 0.165 e. The van der Waals surface area contributed by atoms with Gasteiger partial charge in [0.25, 0.3) is 0 Å². The van der Waals surface area contributed by atoms with Gasteiger partial charge in [-0.3, -0.25) is 4.79 Å². The van der Waals surface area contributed by atoms with Crippen LogP contribution in [-0.4, -0.2) is 44.5 Å². The lowest BCUT2D eigenvalue weighted by atomic mass is 9.66. The zero-order valence-electron chi connectivity index (χ0n) is 28.9. The van der Waals surface area contributed by atoms with E-state index in [1.165, 1.54) is 6.08 Å². The summed E-state index contributed by atoms with van der Waals surface area (Å²) >= 11 is 0. The lowest BCUT2D eigenvalue weighted by molar-refractivity contribution is -0.127. The molecule has 1 saturated carbocycles. The number of carbonyl (C=O) groups excluding carboxylic acids is 1. The van der Waals surface area contributed by atoms with Crippen LogP contribution in [0.2, 0.25) is 0 Å². The van der Waals surface area contributed by atoms with Crippen LogP contribution in [0, 0.1) is 28.1 Å². The molecule has 4 atom stereocenters. The summed E-state index contributed by atoms with van der Waals surface area (Å²) < 4.78 is 0. The van der Waals surface area contributed by atoms with E-state index < -0.39 is 23.7 Å². The molecule has 0 aromatic heterocycles. The Labute approximate surface area is 271 Å². The molecule has 2 aliphatic rings. The third kappa shape index (κ3) is 10.3. The molecule has 2 aliphatic carbocycles. The maximum absolute atomic E-state index is 13.0. The second-order valence-corrected chi connectivity index (χ2v) is 14.2. The average molecular weight is 615 g/mol. The van der Waals surface area contributed by atoms with Gasteiger partial charge in [0, 0.05) is 22.5 Å². The van der Waals surface area contributed by atoms with Crippen molar-refractivity contribution in [3.8, 4) is 11.8 Å². The Morgan fingerprint density at radius 3 is 1.89 bits per heavy atom. The van der Waals surface area contributed by atoms with E-state index in [-0.39, 0.29) is 22.4 Å². The summed E-state index contributed by atoms with van der Waals surface area (Å²) in [6, 6.07) is 0. The van der Waals surface area contributed by atoms with Crippen molar-refractivity contribution in [1.82, 2.24) is 0 Å².